The molecule has 1 aliphatic rings. The Balaban J connectivity index is 2.36. The van der Waals surface area contributed by atoms with Crippen molar-refractivity contribution in [3.63, 3.8) is 0 Å². The van der Waals surface area contributed by atoms with Crippen LogP contribution in [0.1, 0.15) is 26.7 Å². The van der Waals surface area contributed by atoms with Crippen LogP contribution >= 0.6 is 0 Å². The van der Waals surface area contributed by atoms with E-state index in [1.165, 1.54) is 4.90 Å². The van der Waals surface area contributed by atoms with Crippen LogP contribution < -0.4 is 0 Å². The molecule has 1 aliphatic heterocycles. The minimum Gasteiger partial charge on any atom is -0.282 e. The molecule has 0 bridgehead atoms. The molecule has 2 amide bonds. The van der Waals surface area contributed by atoms with E-state index in [1.807, 2.05) is 13.8 Å². The summed E-state index contributed by atoms with van der Waals surface area (Å²) in [6.45, 7) is 4.58. The molecule has 0 aromatic carbocycles. The number of likely N-dealkylation sites (tertiary alicyclic amines) is 1. The third-order valence-corrected chi connectivity index (χ3v) is 1.73. The average Bonchev–Trinajstić information content (AvgIpc) is 1.82. The monoisotopic (exact) mass is 155 g/mol. The van der Waals surface area contributed by atoms with Crippen LogP contribution in [0.3, 0.4) is 0 Å². The van der Waals surface area contributed by atoms with Crippen LogP contribution in [0.2, 0.25) is 0 Å². The van der Waals surface area contributed by atoms with Gasteiger partial charge in [-0.2, -0.15) is 0 Å². The fourth-order valence-corrected chi connectivity index (χ4v) is 1.04. The molecule has 0 atom stereocenters. The van der Waals surface area contributed by atoms with E-state index in [4.69, 9.17) is 0 Å². The number of β-lactam (4-membered cyclic amide) rings is 1. The van der Waals surface area contributed by atoms with Gasteiger partial charge in [-0.15, -0.1) is 0 Å². The third kappa shape index (κ3) is 1.79. The van der Waals surface area contributed by atoms with Gasteiger partial charge in [0.05, 0.1) is 0 Å². The van der Waals surface area contributed by atoms with Gasteiger partial charge in [0.1, 0.15) is 0 Å². The second-order valence-corrected chi connectivity index (χ2v) is 3.29. The molecule has 0 N–H and O–H groups in total. The maximum Gasteiger partial charge on any atom is 0.230 e. The lowest BCUT2D eigenvalue weighted by Crippen LogP contribution is -2.47. The minimum absolute atomic E-state index is 0.0174. The van der Waals surface area contributed by atoms with Gasteiger partial charge < -0.3 is 0 Å². The van der Waals surface area contributed by atoms with Gasteiger partial charge in [-0.1, -0.05) is 13.8 Å². The van der Waals surface area contributed by atoms with Crippen molar-refractivity contribution in [1.82, 2.24) is 4.90 Å². The Morgan fingerprint density at radius 3 is 2.55 bits per heavy atom. The van der Waals surface area contributed by atoms with Crippen LogP contribution in [0, 0.1) is 5.92 Å². The van der Waals surface area contributed by atoms with Gasteiger partial charge in [0.25, 0.3) is 0 Å². The topological polar surface area (TPSA) is 37.4 Å². The molecule has 1 heterocycles. The van der Waals surface area contributed by atoms with Crippen molar-refractivity contribution in [3.8, 4) is 0 Å². The van der Waals surface area contributed by atoms with Crippen LogP contribution in [-0.4, -0.2) is 23.3 Å². The summed E-state index contributed by atoms with van der Waals surface area (Å²) in [7, 11) is 0. The first kappa shape index (κ1) is 8.24. The zero-order chi connectivity index (χ0) is 8.43. The zero-order valence-electron chi connectivity index (χ0n) is 6.96. The molecule has 1 saturated heterocycles. The first-order valence-corrected chi connectivity index (χ1v) is 3.94. The molecule has 62 valence electrons. The maximum absolute atomic E-state index is 11.2. The lowest BCUT2D eigenvalue weighted by molar-refractivity contribution is -0.152. The van der Waals surface area contributed by atoms with Crippen LogP contribution in [0.5, 0.6) is 0 Å². The smallest absolute Gasteiger partial charge is 0.230 e. The number of hydrogen-bond donors (Lipinski definition) is 0. The molecular weight excluding hydrogens is 142 g/mol. The fraction of sp³-hybridized carbons (Fsp3) is 0.750. The molecule has 1 rings (SSSR count). The molecule has 0 spiro atoms. The maximum atomic E-state index is 11.2. The molecule has 1 fully saturated rings. The van der Waals surface area contributed by atoms with Gasteiger partial charge in [0.15, 0.2) is 0 Å². The van der Waals surface area contributed by atoms with Crippen molar-refractivity contribution < 1.29 is 9.59 Å². The average molecular weight is 155 g/mol. The predicted molar refractivity (Wildman–Crippen MR) is 40.8 cm³/mol. The summed E-state index contributed by atoms with van der Waals surface area (Å²) < 4.78 is 0. The SMILES string of the molecule is CC(C)CC(=O)N1CCC1=O. The summed E-state index contributed by atoms with van der Waals surface area (Å²) >= 11 is 0. The van der Waals surface area contributed by atoms with E-state index in [0.29, 0.717) is 25.3 Å². The van der Waals surface area contributed by atoms with Crippen LogP contribution in [-0.2, 0) is 9.59 Å². The largest absolute Gasteiger partial charge is 0.282 e. The van der Waals surface area contributed by atoms with E-state index in [9.17, 15) is 9.59 Å². The Hall–Kier alpha value is -0.860. The number of carbonyl (C=O) groups is 2. The molecule has 0 radical (unpaired) electrons. The Bertz CT molecular complexity index is 187. The van der Waals surface area contributed by atoms with Crippen molar-refractivity contribution >= 4 is 11.8 Å². The van der Waals surface area contributed by atoms with E-state index in [1.54, 1.807) is 0 Å². The van der Waals surface area contributed by atoms with Gasteiger partial charge in [0.2, 0.25) is 11.8 Å². The number of imide groups is 1. The molecule has 0 aromatic heterocycles. The van der Waals surface area contributed by atoms with E-state index in [0.717, 1.165) is 0 Å². The fourth-order valence-electron chi connectivity index (χ4n) is 1.04. The summed E-state index contributed by atoms with van der Waals surface area (Å²) in [5, 5.41) is 0. The number of carbonyl (C=O) groups excluding carboxylic acids is 2. The van der Waals surface area contributed by atoms with Crippen LogP contribution in [0.4, 0.5) is 0 Å². The second kappa shape index (κ2) is 3.03. The number of nitrogens with zero attached hydrogens (tertiary/aromatic N) is 1. The third-order valence-electron chi connectivity index (χ3n) is 1.73. The molecule has 0 aliphatic carbocycles. The molecular formula is C8H13NO2. The summed E-state index contributed by atoms with van der Waals surface area (Å²) in [4.78, 5) is 23.2. The van der Waals surface area contributed by atoms with Crippen LogP contribution in [0.15, 0.2) is 0 Å². The summed E-state index contributed by atoms with van der Waals surface area (Å²) in [5.41, 5.74) is 0. The molecule has 11 heavy (non-hydrogen) atoms. The van der Waals surface area contributed by atoms with Crippen molar-refractivity contribution in [3.05, 3.63) is 0 Å². The molecule has 0 unspecified atom stereocenters. The highest BCUT2D eigenvalue weighted by atomic mass is 16.2. The quantitative estimate of drug-likeness (QED) is 0.553. The van der Waals surface area contributed by atoms with Gasteiger partial charge in [0, 0.05) is 19.4 Å². The lowest BCUT2D eigenvalue weighted by atomic mass is 10.1. The first-order valence-electron chi connectivity index (χ1n) is 3.94. The first-order chi connectivity index (χ1) is 5.11. The highest BCUT2D eigenvalue weighted by Gasteiger charge is 2.29. The van der Waals surface area contributed by atoms with Crippen molar-refractivity contribution in [2.75, 3.05) is 6.54 Å². The Morgan fingerprint density at radius 2 is 2.27 bits per heavy atom. The Morgan fingerprint density at radius 1 is 1.64 bits per heavy atom. The van der Waals surface area contributed by atoms with Crippen molar-refractivity contribution in [1.29, 1.82) is 0 Å². The lowest BCUT2D eigenvalue weighted by Gasteiger charge is -2.28. The standard InChI is InChI=1S/C8H13NO2/c1-6(2)5-8(11)9-4-3-7(9)10/h6H,3-5H2,1-2H3. The van der Waals surface area contributed by atoms with Gasteiger partial charge in [-0.05, 0) is 5.92 Å². The number of hydrogen-bond acceptors (Lipinski definition) is 2. The molecule has 0 aromatic rings. The Kier molecular flexibility index (Phi) is 2.27. The number of amides is 2. The van der Waals surface area contributed by atoms with E-state index < -0.39 is 0 Å². The van der Waals surface area contributed by atoms with Gasteiger partial charge >= 0.3 is 0 Å². The van der Waals surface area contributed by atoms with E-state index in [2.05, 4.69) is 0 Å². The van der Waals surface area contributed by atoms with E-state index >= 15 is 0 Å². The second-order valence-electron chi connectivity index (χ2n) is 3.29. The molecule has 0 saturated carbocycles. The molecule has 3 nitrogen and oxygen atoms in total. The van der Waals surface area contributed by atoms with Crippen LogP contribution in [0.25, 0.3) is 0 Å². The summed E-state index contributed by atoms with van der Waals surface area (Å²) in [6, 6.07) is 0. The van der Waals surface area contributed by atoms with Crippen molar-refractivity contribution in [2.45, 2.75) is 26.7 Å². The number of rotatable bonds is 2. The van der Waals surface area contributed by atoms with Crippen molar-refractivity contribution in [2.24, 2.45) is 5.92 Å². The van der Waals surface area contributed by atoms with Gasteiger partial charge in [-0.3, -0.25) is 14.5 Å². The van der Waals surface area contributed by atoms with E-state index in [-0.39, 0.29) is 11.8 Å². The highest BCUT2D eigenvalue weighted by molar-refractivity contribution is 5.99. The Labute approximate surface area is 66.4 Å². The predicted octanol–water partition coefficient (Wildman–Crippen LogP) is 0.791. The summed E-state index contributed by atoms with van der Waals surface area (Å²) in [6.07, 6.45) is 1.04. The molecule has 3 heteroatoms. The zero-order valence-corrected chi connectivity index (χ0v) is 6.96. The normalized spacial score (nSPS) is 17.0. The van der Waals surface area contributed by atoms with Gasteiger partial charge in [-0.25, -0.2) is 0 Å². The minimum atomic E-state index is -0.0179. The highest BCUT2D eigenvalue weighted by Crippen LogP contribution is 2.12. The summed E-state index contributed by atoms with van der Waals surface area (Å²) in [5.74, 6) is 0.308.